The van der Waals surface area contributed by atoms with Crippen molar-refractivity contribution in [2.24, 2.45) is 0 Å². The molecule has 0 spiro atoms. The van der Waals surface area contributed by atoms with Crippen molar-refractivity contribution in [2.45, 2.75) is 18.1 Å². The summed E-state index contributed by atoms with van der Waals surface area (Å²) >= 11 is 7.53. The summed E-state index contributed by atoms with van der Waals surface area (Å²) in [6.45, 7) is 1.25. The molecule has 156 valence electrons. The van der Waals surface area contributed by atoms with E-state index in [1.54, 1.807) is 20.4 Å². The van der Waals surface area contributed by atoms with E-state index in [4.69, 9.17) is 21.1 Å². The number of carbonyl (C=O) groups is 1. The van der Waals surface area contributed by atoms with E-state index in [2.05, 4.69) is 4.98 Å². The van der Waals surface area contributed by atoms with Crippen molar-refractivity contribution in [1.29, 1.82) is 0 Å². The minimum Gasteiger partial charge on any atom is -0.493 e. The average Bonchev–Trinajstić information content (AvgIpc) is 3.24. The van der Waals surface area contributed by atoms with E-state index in [0.717, 1.165) is 28.6 Å². The maximum absolute atomic E-state index is 12.9. The SMILES string of the molecule is COc1cc2c(cc1OC)CN(C(=O)CSc1nccn1-c1cccc(Cl)c1)CC2. The molecule has 8 heteroatoms. The first-order valence-electron chi connectivity index (χ1n) is 9.52. The maximum Gasteiger partial charge on any atom is 0.233 e. The van der Waals surface area contributed by atoms with Gasteiger partial charge < -0.3 is 14.4 Å². The summed E-state index contributed by atoms with van der Waals surface area (Å²) in [6.07, 6.45) is 4.39. The van der Waals surface area contributed by atoms with E-state index in [-0.39, 0.29) is 5.91 Å². The van der Waals surface area contributed by atoms with E-state index in [9.17, 15) is 4.79 Å². The molecule has 0 unspecified atom stereocenters. The van der Waals surface area contributed by atoms with Gasteiger partial charge in [0.1, 0.15) is 0 Å². The summed E-state index contributed by atoms with van der Waals surface area (Å²) in [5.41, 5.74) is 3.21. The molecular formula is C22H22ClN3O3S. The van der Waals surface area contributed by atoms with Gasteiger partial charge in [0, 0.05) is 36.2 Å². The largest absolute Gasteiger partial charge is 0.493 e. The Morgan fingerprint density at radius 1 is 1.17 bits per heavy atom. The molecule has 1 amide bonds. The summed E-state index contributed by atoms with van der Waals surface area (Å²) < 4.78 is 12.7. The second-order valence-corrected chi connectivity index (χ2v) is 8.27. The Hall–Kier alpha value is -2.64. The van der Waals surface area contributed by atoms with Crippen LogP contribution in [0.25, 0.3) is 5.69 Å². The first-order valence-corrected chi connectivity index (χ1v) is 10.9. The van der Waals surface area contributed by atoms with Crippen LogP contribution in [-0.4, -0.2) is 46.9 Å². The molecular weight excluding hydrogens is 422 g/mol. The van der Waals surface area contributed by atoms with Crippen molar-refractivity contribution in [3.05, 3.63) is 64.9 Å². The fourth-order valence-corrected chi connectivity index (χ4v) is 4.59. The van der Waals surface area contributed by atoms with Crippen molar-refractivity contribution >= 4 is 29.3 Å². The van der Waals surface area contributed by atoms with Gasteiger partial charge in [-0.15, -0.1) is 0 Å². The van der Waals surface area contributed by atoms with E-state index in [1.807, 2.05) is 52.1 Å². The predicted octanol–water partition coefficient (Wildman–Crippen LogP) is 4.22. The molecule has 0 aliphatic carbocycles. The van der Waals surface area contributed by atoms with Gasteiger partial charge in [-0.1, -0.05) is 29.4 Å². The number of thioether (sulfide) groups is 1. The highest BCUT2D eigenvalue weighted by Crippen LogP contribution is 2.33. The Kier molecular flexibility index (Phi) is 6.20. The molecule has 1 aromatic heterocycles. The van der Waals surface area contributed by atoms with Crippen LogP contribution >= 0.6 is 23.4 Å². The van der Waals surface area contributed by atoms with Gasteiger partial charge in [0.05, 0.1) is 20.0 Å². The number of hydrogen-bond donors (Lipinski definition) is 0. The molecule has 30 heavy (non-hydrogen) atoms. The number of methoxy groups -OCH3 is 2. The number of benzene rings is 2. The van der Waals surface area contributed by atoms with Crippen molar-refractivity contribution in [1.82, 2.24) is 14.5 Å². The zero-order valence-corrected chi connectivity index (χ0v) is 18.4. The Morgan fingerprint density at radius 2 is 1.93 bits per heavy atom. The van der Waals surface area contributed by atoms with Gasteiger partial charge in [0.25, 0.3) is 0 Å². The lowest BCUT2D eigenvalue weighted by Gasteiger charge is -2.29. The molecule has 2 aromatic carbocycles. The van der Waals surface area contributed by atoms with E-state index in [0.29, 0.717) is 29.6 Å². The number of halogens is 1. The third kappa shape index (κ3) is 4.27. The summed E-state index contributed by atoms with van der Waals surface area (Å²) in [4.78, 5) is 19.2. The molecule has 6 nitrogen and oxygen atoms in total. The first-order chi connectivity index (χ1) is 14.6. The lowest BCUT2D eigenvalue weighted by molar-refractivity contribution is -0.129. The Bertz CT molecular complexity index is 1070. The monoisotopic (exact) mass is 443 g/mol. The first kappa shape index (κ1) is 20.6. The quantitative estimate of drug-likeness (QED) is 0.534. The highest BCUT2D eigenvalue weighted by atomic mass is 35.5. The van der Waals surface area contributed by atoms with Crippen LogP contribution < -0.4 is 9.47 Å². The molecule has 0 saturated carbocycles. The molecule has 2 heterocycles. The van der Waals surface area contributed by atoms with Crippen LogP contribution in [0.4, 0.5) is 0 Å². The third-order valence-electron chi connectivity index (χ3n) is 5.09. The number of nitrogens with zero attached hydrogens (tertiary/aromatic N) is 3. The van der Waals surface area contributed by atoms with Crippen LogP contribution in [0.3, 0.4) is 0 Å². The molecule has 0 fully saturated rings. The van der Waals surface area contributed by atoms with E-state index in [1.165, 1.54) is 17.3 Å². The summed E-state index contributed by atoms with van der Waals surface area (Å²) in [6, 6.07) is 11.5. The van der Waals surface area contributed by atoms with Crippen molar-refractivity contribution in [2.75, 3.05) is 26.5 Å². The number of fused-ring (bicyclic) bond motifs is 1. The fourth-order valence-electron chi connectivity index (χ4n) is 3.53. The number of ether oxygens (including phenoxy) is 2. The zero-order valence-electron chi connectivity index (χ0n) is 16.8. The topological polar surface area (TPSA) is 56.6 Å². The van der Waals surface area contributed by atoms with Gasteiger partial charge in [-0.25, -0.2) is 4.98 Å². The molecule has 0 bridgehead atoms. The summed E-state index contributed by atoms with van der Waals surface area (Å²) in [7, 11) is 3.25. The molecule has 0 atom stereocenters. The molecule has 0 saturated heterocycles. The lowest BCUT2D eigenvalue weighted by atomic mass is 9.99. The normalized spacial score (nSPS) is 13.1. The molecule has 4 rings (SSSR count). The number of aromatic nitrogens is 2. The van der Waals surface area contributed by atoms with Crippen molar-refractivity contribution < 1.29 is 14.3 Å². The predicted molar refractivity (Wildman–Crippen MR) is 118 cm³/mol. The number of amides is 1. The van der Waals surface area contributed by atoms with Crippen LogP contribution in [0.2, 0.25) is 5.02 Å². The standard InChI is InChI=1S/C22H22ClN3O3S/c1-28-19-10-15-6-8-25(13-16(15)11-20(19)29-2)21(27)14-30-22-24-7-9-26(22)18-5-3-4-17(23)12-18/h3-5,7,9-12H,6,8,13-14H2,1-2H3. The summed E-state index contributed by atoms with van der Waals surface area (Å²) in [5.74, 6) is 1.81. The number of carbonyl (C=O) groups excluding carboxylic acids is 1. The zero-order chi connectivity index (χ0) is 21.1. The smallest absolute Gasteiger partial charge is 0.233 e. The van der Waals surface area contributed by atoms with Crippen molar-refractivity contribution in [3.8, 4) is 17.2 Å². The fraction of sp³-hybridized carbons (Fsp3) is 0.273. The molecule has 0 N–H and O–H groups in total. The van der Waals surface area contributed by atoms with Crippen LogP contribution in [0.5, 0.6) is 11.5 Å². The average molecular weight is 444 g/mol. The Morgan fingerprint density at radius 3 is 2.67 bits per heavy atom. The number of rotatable bonds is 6. The minimum absolute atomic E-state index is 0.0843. The third-order valence-corrected chi connectivity index (χ3v) is 6.28. The molecule has 1 aliphatic heterocycles. The second-order valence-electron chi connectivity index (χ2n) is 6.89. The lowest BCUT2D eigenvalue weighted by Crippen LogP contribution is -2.37. The van der Waals surface area contributed by atoms with Crippen LogP contribution in [0.1, 0.15) is 11.1 Å². The highest BCUT2D eigenvalue weighted by molar-refractivity contribution is 7.99. The van der Waals surface area contributed by atoms with Crippen molar-refractivity contribution in [3.63, 3.8) is 0 Å². The Balaban J connectivity index is 1.43. The van der Waals surface area contributed by atoms with Crippen LogP contribution in [0.15, 0.2) is 53.9 Å². The number of hydrogen-bond acceptors (Lipinski definition) is 5. The maximum atomic E-state index is 12.9. The van der Waals surface area contributed by atoms with Crippen LogP contribution in [-0.2, 0) is 17.8 Å². The molecule has 0 radical (unpaired) electrons. The second kappa shape index (κ2) is 9.02. The van der Waals surface area contributed by atoms with Gasteiger partial charge in [-0.3, -0.25) is 9.36 Å². The van der Waals surface area contributed by atoms with Crippen LogP contribution in [0, 0.1) is 0 Å². The van der Waals surface area contributed by atoms with Gasteiger partial charge in [0.15, 0.2) is 16.7 Å². The Labute approximate surface area is 184 Å². The molecule has 3 aromatic rings. The minimum atomic E-state index is 0.0843. The number of imidazole rings is 1. The highest BCUT2D eigenvalue weighted by Gasteiger charge is 2.23. The van der Waals surface area contributed by atoms with Gasteiger partial charge in [0.2, 0.25) is 5.91 Å². The molecule has 1 aliphatic rings. The van der Waals surface area contributed by atoms with Gasteiger partial charge >= 0.3 is 0 Å². The van der Waals surface area contributed by atoms with E-state index < -0.39 is 0 Å². The summed E-state index contributed by atoms with van der Waals surface area (Å²) in [5, 5.41) is 1.42. The van der Waals surface area contributed by atoms with E-state index >= 15 is 0 Å². The van der Waals surface area contributed by atoms with Gasteiger partial charge in [-0.05, 0) is 47.9 Å². The van der Waals surface area contributed by atoms with Gasteiger partial charge in [-0.2, -0.15) is 0 Å².